The van der Waals surface area contributed by atoms with E-state index in [-0.39, 0.29) is 0 Å². The van der Waals surface area contributed by atoms with Crippen molar-refractivity contribution in [1.82, 2.24) is 4.57 Å². The van der Waals surface area contributed by atoms with Crippen molar-refractivity contribution in [2.45, 2.75) is 0 Å². The summed E-state index contributed by atoms with van der Waals surface area (Å²) in [6, 6.07) is 87.1. The average Bonchev–Trinajstić information content (AvgIpc) is 3.66. The third kappa shape index (κ3) is 6.67. The van der Waals surface area contributed by atoms with Gasteiger partial charge in [-0.2, -0.15) is 0 Å². The molecular formula is C56H40N2. The molecule has 1 heterocycles. The summed E-state index contributed by atoms with van der Waals surface area (Å²) in [5, 5.41) is 1.23. The van der Waals surface area contributed by atoms with E-state index in [4.69, 9.17) is 0 Å². The summed E-state index contributed by atoms with van der Waals surface area (Å²) in [7, 11) is 0. The van der Waals surface area contributed by atoms with Crippen molar-refractivity contribution in [2.75, 3.05) is 4.90 Å². The number of hydrogen-bond donors (Lipinski definition) is 0. The number of rotatable bonds is 9. The van der Waals surface area contributed by atoms with Gasteiger partial charge in [-0.15, -0.1) is 0 Å². The zero-order valence-corrected chi connectivity index (χ0v) is 32.0. The molecular weight excluding hydrogens is 701 g/mol. The van der Waals surface area contributed by atoms with Gasteiger partial charge in [0, 0.05) is 33.7 Å². The Balaban J connectivity index is 1.05. The highest BCUT2D eigenvalue weighted by molar-refractivity contribution is 6.05. The van der Waals surface area contributed by atoms with Crippen LogP contribution in [0.15, 0.2) is 243 Å². The molecule has 0 fully saturated rings. The molecule has 0 aliphatic heterocycles. The Hall–Kier alpha value is -7.68. The van der Waals surface area contributed by atoms with Gasteiger partial charge in [-0.1, -0.05) is 188 Å². The summed E-state index contributed by atoms with van der Waals surface area (Å²) < 4.78 is 2.44. The van der Waals surface area contributed by atoms with Crippen LogP contribution < -0.4 is 4.90 Å². The van der Waals surface area contributed by atoms with Crippen LogP contribution in [0.1, 0.15) is 0 Å². The van der Waals surface area contributed by atoms with Crippen LogP contribution in [0.25, 0.3) is 72.4 Å². The van der Waals surface area contributed by atoms with E-state index in [0.29, 0.717) is 0 Å². The first-order valence-corrected chi connectivity index (χ1v) is 19.8. The van der Waals surface area contributed by atoms with Crippen LogP contribution in [0.5, 0.6) is 0 Å². The molecule has 9 aromatic carbocycles. The molecule has 10 rings (SSSR count). The average molecular weight is 741 g/mol. The van der Waals surface area contributed by atoms with E-state index < -0.39 is 0 Å². The van der Waals surface area contributed by atoms with Gasteiger partial charge in [0.2, 0.25) is 0 Å². The number of para-hydroxylation sites is 1. The maximum Gasteiger partial charge on any atom is 0.0619 e. The highest BCUT2D eigenvalue weighted by atomic mass is 15.1. The van der Waals surface area contributed by atoms with Crippen molar-refractivity contribution in [3.8, 4) is 61.5 Å². The first kappa shape index (κ1) is 34.8. The zero-order chi connectivity index (χ0) is 38.7. The van der Waals surface area contributed by atoms with Gasteiger partial charge in [0.25, 0.3) is 0 Å². The summed E-state index contributed by atoms with van der Waals surface area (Å²) in [5.41, 5.74) is 17.5. The second kappa shape index (κ2) is 15.5. The zero-order valence-electron chi connectivity index (χ0n) is 32.0. The largest absolute Gasteiger partial charge is 0.311 e. The van der Waals surface area contributed by atoms with Crippen LogP contribution in [0.2, 0.25) is 0 Å². The molecule has 2 heteroatoms. The lowest BCUT2D eigenvalue weighted by Gasteiger charge is -2.26. The smallest absolute Gasteiger partial charge is 0.0619 e. The topological polar surface area (TPSA) is 8.17 Å². The van der Waals surface area contributed by atoms with Gasteiger partial charge < -0.3 is 9.47 Å². The van der Waals surface area contributed by atoms with E-state index >= 15 is 0 Å². The second-order valence-electron chi connectivity index (χ2n) is 14.6. The van der Waals surface area contributed by atoms with Gasteiger partial charge in [-0.05, 0) is 99.1 Å². The number of hydrogen-bond acceptors (Lipinski definition) is 1. The maximum atomic E-state index is 2.44. The number of fused-ring (bicyclic) bond motifs is 1. The molecule has 0 amide bonds. The summed E-state index contributed by atoms with van der Waals surface area (Å²) in [5.74, 6) is 0. The molecule has 0 bridgehead atoms. The normalized spacial score (nSPS) is 11.1. The first-order chi connectivity index (χ1) is 28.8. The van der Waals surface area contributed by atoms with Crippen molar-refractivity contribution in [3.05, 3.63) is 243 Å². The monoisotopic (exact) mass is 740 g/mol. The van der Waals surface area contributed by atoms with Crippen LogP contribution in [-0.4, -0.2) is 4.57 Å². The van der Waals surface area contributed by atoms with Crippen LogP contribution >= 0.6 is 0 Å². The fourth-order valence-electron chi connectivity index (χ4n) is 8.22. The minimum Gasteiger partial charge on any atom is -0.311 e. The fraction of sp³-hybridized carbons (Fsp3) is 0. The fourth-order valence-corrected chi connectivity index (χ4v) is 8.22. The Bertz CT molecular complexity index is 2850. The van der Waals surface area contributed by atoms with Gasteiger partial charge >= 0.3 is 0 Å². The number of anilines is 3. The Kier molecular flexibility index (Phi) is 9.27. The van der Waals surface area contributed by atoms with Gasteiger partial charge in [0.15, 0.2) is 0 Å². The lowest BCUT2D eigenvalue weighted by Crippen LogP contribution is -2.09. The number of nitrogens with zero attached hydrogens (tertiary/aromatic N) is 2. The maximum absolute atomic E-state index is 2.44. The molecule has 10 aromatic rings. The minimum absolute atomic E-state index is 1.09. The Morgan fingerprint density at radius 1 is 0.276 bits per heavy atom. The second-order valence-corrected chi connectivity index (χ2v) is 14.6. The molecule has 0 atom stereocenters. The molecule has 0 saturated carbocycles. The minimum atomic E-state index is 1.09. The van der Waals surface area contributed by atoms with Crippen molar-refractivity contribution in [2.24, 2.45) is 0 Å². The highest BCUT2D eigenvalue weighted by Gasteiger charge is 2.21. The molecule has 274 valence electrons. The molecule has 1 aromatic heterocycles. The van der Waals surface area contributed by atoms with E-state index in [9.17, 15) is 0 Å². The lowest BCUT2D eigenvalue weighted by atomic mass is 9.98. The van der Waals surface area contributed by atoms with Crippen LogP contribution in [-0.2, 0) is 0 Å². The van der Waals surface area contributed by atoms with Crippen LogP contribution in [0.4, 0.5) is 17.1 Å². The number of benzene rings is 9. The third-order valence-corrected chi connectivity index (χ3v) is 11.0. The standard InChI is InChI=1S/C56H40N2/c1-5-16-41(17-6-1)43-28-34-49(35-29-43)57(50-36-30-44(31-37-50)42-18-7-2-8-19-42)51-38-32-45(33-39-51)48-24-15-25-52(40-48)58-54-27-14-13-26-53(54)55(46-20-9-3-10-21-46)56(58)47-22-11-4-12-23-47/h1-40H. The van der Waals surface area contributed by atoms with E-state index in [0.717, 1.165) is 33.9 Å². The van der Waals surface area contributed by atoms with Gasteiger partial charge in [0.1, 0.15) is 0 Å². The van der Waals surface area contributed by atoms with Gasteiger partial charge in [0.05, 0.1) is 11.2 Å². The molecule has 0 spiro atoms. The van der Waals surface area contributed by atoms with E-state index in [1.165, 1.54) is 55.5 Å². The van der Waals surface area contributed by atoms with Crippen molar-refractivity contribution in [3.63, 3.8) is 0 Å². The van der Waals surface area contributed by atoms with Gasteiger partial charge in [-0.25, -0.2) is 0 Å². The predicted molar refractivity (Wildman–Crippen MR) is 245 cm³/mol. The third-order valence-electron chi connectivity index (χ3n) is 11.0. The highest BCUT2D eigenvalue weighted by Crippen LogP contribution is 2.43. The molecule has 0 unspecified atom stereocenters. The SMILES string of the molecule is c1ccc(-c2ccc(N(c3ccc(-c4ccccc4)cc3)c3ccc(-c4cccc(-n5c(-c6ccccc6)c(-c6ccccc6)c6ccccc65)c4)cc3)cc2)cc1. The van der Waals surface area contributed by atoms with Crippen molar-refractivity contribution < 1.29 is 0 Å². The molecule has 0 aliphatic carbocycles. The quantitative estimate of drug-likeness (QED) is 0.143. The summed E-state index contributed by atoms with van der Waals surface area (Å²) in [4.78, 5) is 2.34. The Morgan fingerprint density at radius 3 is 1.16 bits per heavy atom. The van der Waals surface area contributed by atoms with Crippen LogP contribution in [0, 0.1) is 0 Å². The van der Waals surface area contributed by atoms with Crippen molar-refractivity contribution >= 4 is 28.0 Å². The van der Waals surface area contributed by atoms with Gasteiger partial charge in [-0.3, -0.25) is 0 Å². The van der Waals surface area contributed by atoms with E-state index in [1.54, 1.807) is 0 Å². The number of aromatic nitrogens is 1. The summed E-state index contributed by atoms with van der Waals surface area (Å²) >= 11 is 0. The van der Waals surface area contributed by atoms with Crippen molar-refractivity contribution in [1.29, 1.82) is 0 Å². The van der Waals surface area contributed by atoms with E-state index in [1.807, 2.05) is 0 Å². The molecule has 0 N–H and O–H groups in total. The summed E-state index contributed by atoms with van der Waals surface area (Å²) in [6.07, 6.45) is 0. The van der Waals surface area contributed by atoms with E-state index in [2.05, 4.69) is 252 Å². The molecule has 0 aliphatic rings. The van der Waals surface area contributed by atoms with Crippen LogP contribution in [0.3, 0.4) is 0 Å². The molecule has 58 heavy (non-hydrogen) atoms. The molecule has 2 nitrogen and oxygen atoms in total. The predicted octanol–water partition coefficient (Wildman–Crippen LogP) is 15.4. The Labute approximate surface area is 340 Å². The first-order valence-electron chi connectivity index (χ1n) is 19.8. The summed E-state index contributed by atoms with van der Waals surface area (Å²) in [6.45, 7) is 0. The molecule has 0 radical (unpaired) electrons. The lowest BCUT2D eigenvalue weighted by molar-refractivity contribution is 1.14. The Morgan fingerprint density at radius 2 is 0.655 bits per heavy atom. The molecule has 0 saturated heterocycles.